The van der Waals surface area contributed by atoms with Crippen LogP contribution in [0.3, 0.4) is 0 Å². The molecule has 0 bridgehead atoms. The molecule has 1 aliphatic rings. The van der Waals surface area contributed by atoms with Crippen LogP contribution in [0.25, 0.3) is 6.08 Å². The third-order valence-electron chi connectivity index (χ3n) is 3.46. The van der Waals surface area contributed by atoms with E-state index in [1.807, 2.05) is 0 Å². The van der Waals surface area contributed by atoms with Gasteiger partial charge < -0.3 is 9.84 Å². The molecule has 0 saturated carbocycles. The highest BCUT2D eigenvalue weighted by molar-refractivity contribution is 8.18. The number of benzene rings is 2. The molecule has 7 heteroatoms. The first-order chi connectivity index (χ1) is 12.0. The van der Waals surface area contributed by atoms with E-state index in [2.05, 4.69) is 5.32 Å². The number of thioether (sulfide) groups is 1. The molecule has 2 aromatic rings. The SMILES string of the molecule is O=C1NC(=O)/C(=C\c2ccc(OCC(O)c3cccc(F)c3)cc2)S1. The van der Waals surface area contributed by atoms with Crippen molar-refractivity contribution in [3.8, 4) is 5.75 Å². The van der Waals surface area contributed by atoms with Crippen molar-refractivity contribution in [2.45, 2.75) is 6.10 Å². The summed E-state index contributed by atoms with van der Waals surface area (Å²) >= 11 is 0.852. The Bertz CT molecular complexity index is 835. The highest BCUT2D eigenvalue weighted by atomic mass is 32.2. The van der Waals surface area contributed by atoms with E-state index >= 15 is 0 Å². The molecule has 3 rings (SSSR count). The first-order valence-corrected chi connectivity index (χ1v) is 8.24. The van der Waals surface area contributed by atoms with Crippen LogP contribution in [-0.4, -0.2) is 22.9 Å². The second-order valence-corrected chi connectivity index (χ2v) is 6.32. The maximum absolute atomic E-state index is 13.1. The smallest absolute Gasteiger partial charge is 0.290 e. The Kier molecular flexibility index (Phi) is 5.16. The van der Waals surface area contributed by atoms with Gasteiger partial charge in [-0.05, 0) is 53.2 Å². The van der Waals surface area contributed by atoms with Gasteiger partial charge in [-0.15, -0.1) is 0 Å². The first-order valence-electron chi connectivity index (χ1n) is 7.42. The van der Waals surface area contributed by atoms with Crippen LogP contribution in [0, 0.1) is 5.82 Å². The number of halogens is 1. The second-order valence-electron chi connectivity index (χ2n) is 5.30. The summed E-state index contributed by atoms with van der Waals surface area (Å²) in [6, 6.07) is 12.5. The standard InChI is InChI=1S/C18H14FNO4S/c19-13-3-1-2-12(9-13)15(21)10-24-14-6-4-11(5-7-14)8-16-17(22)20-18(23)25-16/h1-9,15,21H,10H2,(H,20,22,23)/b16-8+. The molecule has 128 valence electrons. The summed E-state index contributed by atoms with van der Waals surface area (Å²) in [6.45, 7) is -0.0172. The van der Waals surface area contributed by atoms with Gasteiger partial charge in [-0.1, -0.05) is 24.3 Å². The van der Waals surface area contributed by atoms with Gasteiger partial charge in [-0.3, -0.25) is 14.9 Å². The fourth-order valence-corrected chi connectivity index (χ4v) is 2.90. The minimum Gasteiger partial charge on any atom is -0.491 e. The van der Waals surface area contributed by atoms with Crippen LogP contribution >= 0.6 is 11.8 Å². The maximum Gasteiger partial charge on any atom is 0.290 e. The Balaban J connectivity index is 1.60. The lowest BCUT2D eigenvalue weighted by molar-refractivity contribution is -0.115. The monoisotopic (exact) mass is 359 g/mol. The second kappa shape index (κ2) is 7.50. The number of amides is 2. The molecule has 2 aromatic carbocycles. The predicted molar refractivity (Wildman–Crippen MR) is 92.4 cm³/mol. The third kappa shape index (κ3) is 4.46. The molecule has 1 saturated heterocycles. The van der Waals surface area contributed by atoms with Crippen molar-refractivity contribution in [1.82, 2.24) is 5.32 Å². The van der Waals surface area contributed by atoms with Crippen molar-refractivity contribution in [3.63, 3.8) is 0 Å². The van der Waals surface area contributed by atoms with Gasteiger partial charge in [0.2, 0.25) is 0 Å². The van der Waals surface area contributed by atoms with E-state index in [0.29, 0.717) is 16.2 Å². The van der Waals surface area contributed by atoms with Crippen molar-refractivity contribution < 1.29 is 23.8 Å². The summed E-state index contributed by atoms with van der Waals surface area (Å²) in [5.74, 6) is -0.299. The lowest BCUT2D eigenvalue weighted by atomic mass is 10.1. The van der Waals surface area contributed by atoms with Crippen molar-refractivity contribution >= 4 is 29.0 Å². The van der Waals surface area contributed by atoms with Crippen LogP contribution in [0.2, 0.25) is 0 Å². The van der Waals surface area contributed by atoms with Gasteiger partial charge in [0.25, 0.3) is 11.1 Å². The summed E-state index contributed by atoms with van der Waals surface area (Å²) < 4.78 is 18.6. The molecule has 1 heterocycles. The van der Waals surface area contributed by atoms with Crippen molar-refractivity contribution in [2.24, 2.45) is 0 Å². The van der Waals surface area contributed by atoms with Crippen LogP contribution < -0.4 is 10.1 Å². The van der Waals surface area contributed by atoms with E-state index < -0.39 is 17.8 Å². The van der Waals surface area contributed by atoms with Gasteiger partial charge in [0.15, 0.2) is 0 Å². The Labute approximate surface area is 147 Å². The molecule has 5 nitrogen and oxygen atoms in total. The average Bonchev–Trinajstić information content (AvgIpc) is 2.91. The molecule has 0 spiro atoms. The third-order valence-corrected chi connectivity index (χ3v) is 4.27. The van der Waals surface area contributed by atoms with Gasteiger partial charge >= 0.3 is 0 Å². The number of carbonyl (C=O) groups is 2. The van der Waals surface area contributed by atoms with Crippen LogP contribution in [0.15, 0.2) is 53.4 Å². The van der Waals surface area contributed by atoms with Gasteiger partial charge in [-0.25, -0.2) is 4.39 Å². The first kappa shape index (κ1) is 17.2. The highest BCUT2D eigenvalue weighted by Crippen LogP contribution is 2.26. The van der Waals surface area contributed by atoms with E-state index in [9.17, 15) is 19.1 Å². The van der Waals surface area contributed by atoms with Gasteiger partial charge in [0, 0.05) is 0 Å². The Hall–Kier alpha value is -2.64. The van der Waals surface area contributed by atoms with Gasteiger partial charge in [0.05, 0.1) is 4.91 Å². The van der Waals surface area contributed by atoms with Crippen LogP contribution in [0.4, 0.5) is 9.18 Å². The molecule has 2 amide bonds. The Morgan fingerprint density at radius 2 is 1.96 bits per heavy atom. The van der Waals surface area contributed by atoms with Crippen molar-refractivity contribution in [2.75, 3.05) is 6.61 Å². The van der Waals surface area contributed by atoms with E-state index in [1.165, 1.54) is 18.2 Å². The molecular weight excluding hydrogens is 345 g/mol. The highest BCUT2D eigenvalue weighted by Gasteiger charge is 2.24. The zero-order chi connectivity index (χ0) is 17.8. The summed E-state index contributed by atoms with van der Waals surface area (Å²) in [7, 11) is 0. The molecule has 0 aromatic heterocycles. The summed E-state index contributed by atoms with van der Waals surface area (Å²) in [4.78, 5) is 22.9. The number of hydrogen-bond donors (Lipinski definition) is 2. The quantitative estimate of drug-likeness (QED) is 0.802. The molecule has 25 heavy (non-hydrogen) atoms. The molecular formula is C18H14FNO4S. The van der Waals surface area contributed by atoms with Crippen LogP contribution in [0.1, 0.15) is 17.2 Å². The zero-order valence-corrected chi connectivity index (χ0v) is 13.8. The number of imide groups is 1. The number of ether oxygens (including phenoxy) is 1. The van der Waals surface area contributed by atoms with E-state index in [1.54, 1.807) is 36.4 Å². The molecule has 1 fully saturated rings. The number of rotatable bonds is 5. The number of aliphatic hydroxyl groups is 1. The normalized spacial score (nSPS) is 16.8. The molecule has 0 aliphatic carbocycles. The lowest BCUT2D eigenvalue weighted by Gasteiger charge is -2.13. The van der Waals surface area contributed by atoms with E-state index in [-0.39, 0.29) is 11.8 Å². The van der Waals surface area contributed by atoms with E-state index in [4.69, 9.17) is 4.74 Å². The van der Waals surface area contributed by atoms with Crippen molar-refractivity contribution in [3.05, 3.63) is 70.4 Å². The Morgan fingerprint density at radius 1 is 1.20 bits per heavy atom. The summed E-state index contributed by atoms with van der Waals surface area (Å²) in [6.07, 6.45) is 0.665. The maximum atomic E-state index is 13.1. The van der Waals surface area contributed by atoms with Gasteiger partial charge in [0.1, 0.15) is 24.3 Å². The summed E-state index contributed by atoms with van der Waals surface area (Å²) in [5, 5.41) is 11.8. The molecule has 1 unspecified atom stereocenters. The summed E-state index contributed by atoms with van der Waals surface area (Å²) in [5.41, 5.74) is 1.18. The number of carbonyl (C=O) groups excluding carboxylic acids is 2. The minimum atomic E-state index is -0.943. The van der Waals surface area contributed by atoms with Crippen molar-refractivity contribution in [1.29, 1.82) is 0 Å². The number of nitrogens with one attached hydrogen (secondary N) is 1. The minimum absolute atomic E-state index is 0.0172. The topological polar surface area (TPSA) is 75.6 Å². The van der Waals surface area contributed by atoms with E-state index in [0.717, 1.165) is 17.3 Å². The van der Waals surface area contributed by atoms with Crippen LogP contribution in [0.5, 0.6) is 5.75 Å². The lowest BCUT2D eigenvalue weighted by Crippen LogP contribution is -2.17. The van der Waals surface area contributed by atoms with Gasteiger partial charge in [-0.2, -0.15) is 0 Å². The number of hydrogen-bond acceptors (Lipinski definition) is 5. The Morgan fingerprint density at radius 3 is 2.60 bits per heavy atom. The fourth-order valence-electron chi connectivity index (χ4n) is 2.22. The molecule has 1 atom stereocenters. The fraction of sp³-hybridized carbons (Fsp3) is 0.111. The zero-order valence-electron chi connectivity index (χ0n) is 12.9. The molecule has 1 aliphatic heterocycles. The van der Waals surface area contributed by atoms with Crippen LogP contribution in [-0.2, 0) is 4.79 Å². The predicted octanol–water partition coefficient (Wildman–Crippen LogP) is 3.26. The molecule has 0 radical (unpaired) electrons. The molecule has 2 N–H and O–H groups in total. The average molecular weight is 359 g/mol. The largest absolute Gasteiger partial charge is 0.491 e. The number of aliphatic hydroxyl groups excluding tert-OH is 1.